The van der Waals surface area contributed by atoms with Crippen molar-refractivity contribution in [3.63, 3.8) is 0 Å². The number of amides is 1. The molecule has 0 bridgehead atoms. The van der Waals surface area contributed by atoms with Gasteiger partial charge in [-0.2, -0.15) is 0 Å². The van der Waals surface area contributed by atoms with Crippen molar-refractivity contribution in [3.8, 4) is 0 Å². The van der Waals surface area contributed by atoms with Gasteiger partial charge >= 0.3 is 0 Å². The van der Waals surface area contributed by atoms with Crippen molar-refractivity contribution < 1.29 is 4.79 Å². The third kappa shape index (κ3) is 3.38. The van der Waals surface area contributed by atoms with E-state index in [1.807, 2.05) is 40.9 Å². The molecule has 1 aliphatic rings. The Bertz CT molecular complexity index is 656. The Morgan fingerprint density at radius 1 is 1.45 bits per heavy atom. The Morgan fingerprint density at radius 2 is 2.32 bits per heavy atom. The summed E-state index contributed by atoms with van der Waals surface area (Å²) in [6.07, 6.45) is 5.72. The summed E-state index contributed by atoms with van der Waals surface area (Å²) in [7, 11) is 0. The van der Waals surface area contributed by atoms with Crippen LogP contribution >= 0.6 is 15.9 Å². The molecule has 2 aromatic rings. The quantitative estimate of drug-likeness (QED) is 0.843. The summed E-state index contributed by atoms with van der Waals surface area (Å²) < 4.78 is 2.72. The topological polar surface area (TPSA) is 51.0 Å². The van der Waals surface area contributed by atoms with E-state index in [0.717, 1.165) is 48.1 Å². The summed E-state index contributed by atoms with van der Waals surface area (Å²) in [6, 6.07) is 5.88. The number of aryl methyl sites for hydroxylation is 1. The first kappa shape index (κ1) is 15.2. The van der Waals surface area contributed by atoms with Crippen LogP contribution in [-0.4, -0.2) is 38.9 Å². The molecule has 0 aliphatic carbocycles. The first-order valence-electron chi connectivity index (χ1n) is 7.53. The number of piperidine rings is 1. The number of nitrogens with zero attached hydrogens (tertiary/aromatic N) is 4. The highest BCUT2D eigenvalue weighted by Crippen LogP contribution is 2.24. The summed E-state index contributed by atoms with van der Waals surface area (Å²) >= 11 is 3.51. The van der Waals surface area contributed by atoms with Crippen LogP contribution in [0.5, 0.6) is 0 Å². The second-order valence-electron chi connectivity index (χ2n) is 5.87. The lowest BCUT2D eigenvalue weighted by Gasteiger charge is -2.33. The van der Waals surface area contributed by atoms with Gasteiger partial charge in [0.2, 0.25) is 0 Å². The maximum absolute atomic E-state index is 12.7. The van der Waals surface area contributed by atoms with Crippen LogP contribution in [0.25, 0.3) is 0 Å². The molecular weight excluding hydrogens is 344 g/mol. The Hall–Kier alpha value is -1.69. The van der Waals surface area contributed by atoms with Gasteiger partial charge in [0.15, 0.2) is 0 Å². The lowest BCUT2D eigenvalue weighted by atomic mass is 9.97. The molecule has 1 fully saturated rings. The molecule has 1 aromatic carbocycles. The van der Waals surface area contributed by atoms with Gasteiger partial charge in [-0.25, -0.2) is 0 Å². The predicted molar refractivity (Wildman–Crippen MR) is 87.5 cm³/mol. The molecule has 1 saturated heterocycles. The zero-order valence-electron chi connectivity index (χ0n) is 12.6. The van der Waals surface area contributed by atoms with E-state index in [4.69, 9.17) is 0 Å². The standard InChI is InChI=1S/C16H19BrN4O/c1-12-4-5-14(15(17)9-12)16(22)20-7-2-3-13(10-20)11-21-8-6-18-19-21/h4-6,8-9,13H,2-3,7,10-11H2,1H3. The van der Waals surface area contributed by atoms with Crippen LogP contribution in [-0.2, 0) is 6.54 Å². The van der Waals surface area contributed by atoms with Gasteiger partial charge in [0.25, 0.3) is 5.91 Å². The molecule has 0 spiro atoms. The van der Waals surface area contributed by atoms with Crippen molar-refractivity contribution in [3.05, 3.63) is 46.2 Å². The van der Waals surface area contributed by atoms with Gasteiger partial charge in [0, 0.05) is 30.3 Å². The lowest BCUT2D eigenvalue weighted by Crippen LogP contribution is -2.41. The number of carbonyl (C=O) groups excluding carboxylic acids is 1. The van der Waals surface area contributed by atoms with Crippen molar-refractivity contribution in [1.29, 1.82) is 0 Å². The van der Waals surface area contributed by atoms with E-state index in [9.17, 15) is 4.79 Å². The fraction of sp³-hybridized carbons (Fsp3) is 0.438. The molecular formula is C16H19BrN4O. The Labute approximate surface area is 138 Å². The smallest absolute Gasteiger partial charge is 0.255 e. The predicted octanol–water partition coefficient (Wildman–Crippen LogP) is 2.90. The Kier molecular flexibility index (Phi) is 4.57. The Balaban J connectivity index is 1.69. The van der Waals surface area contributed by atoms with Gasteiger partial charge in [-0.1, -0.05) is 11.3 Å². The van der Waals surface area contributed by atoms with Crippen molar-refractivity contribution in [2.45, 2.75) is 26.3 Å². The highest BCUT2D eigenvalue weighted by molar-refractivity contribution is 9.10. The van der Waals surface area contributed by atoms with Crippen LogP contribution in [0.4, 0.5) is 0 Å². The molecule has 3 rings (SSSR count). The van der Waals surface area contributed by atoms with E-state index in [-0.39, 0.29) is 5.91 Å². The third-order valence-corrected chi connectivity index (χ3v) is 4.73. The molecule has 22 heavy (non-hydrogen) atoms. The number of likely N-dealkylation sites (tertiary alicyclic amines) is 1. The molecule has 0 N–H and O–H groups in total. The van der Waals surface area contributed by atoms with Crippen LogP contribution in [0.3, 0.4) is 0 Å². The molecule has 6 heteroatoms. The molecule has 1 aromatic heterocycles. The maximum atomic E-state index is 12.7. The minimum atomic E-state index is 0.107. The molecule has 0 radical (unpaired) electrons. The van der Waals surface area contributed by atoms with Gasteiger partial charge in [-0.15, -0.1) is 5.10 Å². The number of carbonyl (C=O) groups is 1. The average molecular weight is 363 g/mol. The SMILES string of the molecule is Cc1ccc(C(=O)N2CCCC(Cn3ccnn3)C2)c(Br)c1. The van der Waals surface area contributed by atoms with E-state index < -0.39 is 0 Å². The van der Waals surface area contributed by atoms with Crippen LogP contribution < -0.4 is 0 Å². The van der Waals surface area contributed by atoms with Gasteiger partial charge < -0.3 is 4.90 Å². The van der Waals surface area contributed by atoms with Gasteiger partial charge in [-0.3, -0.25) is 9.48 Å². The summed E-state index contributed by atoms with van der Waals surface area (Å²) in [5.74, 6) is 0.541. The third-order valence-electron chi connectivity index (χ3n) is 4.08. The highest BCUT2D eigenvalue weighted by atomic mass is 79.9. The minimum Gasteiger partial charge on any atom is -0.338 e. The number of aromatic nitrogens is 3. The average Bonchev–Trinajstić information content (AvgIpc) is 3.00. The first-order valence-corrected chi connectivity index (χ1v) is 8.32. The second kappa shape index (κ2) is 6.60. The normalized spacial score (nSPS) is 18.5. The molecule has 116 valence electrons. The van der Waals surface area contributed by atoms with Gasteiger partial charge in [0.05, 0.1) is 11.8 Å². The summed E-state index contributed by atoms with van der Waals surface area (Å²) in [5.41, 5.74) is 1.89. The summed E-state index contributed by atoms with van der Waals surface area (Å²) in [6.45, 7) is 4.44. The summed E-state index contributed by atoms with van der Waals surface area (Å²) in [4.78, 5) is 14.7. The minimum absolute atomic E-state index is 0.107. The van der Waals surface area contributed by atoms with Crippen molar-refractivity contribution >= 4 is 21.8 Å². The van der Waals surface area contributed by atoms with E-state index in [1.165, 1.54) is 0 Å². The van der Waals surface area contributed by atoms with Crippen molar-refractivity contribution in [2.75, 3.05) is 13.1 Å². The molecule has 1 aliphatic heterocycles. The number of halogens is 1. The fourth-order valence-electron chi connectivity index (χ4n) is 2.96. The van der Waals surface area contributed by atoms with E-state index in [2.05, 4.69) is 26.2 Å². The molecule has 0 saturated carbocycles. The number of benzene rings is 1. The van der Waals surface area contributed by atoms with Crippen LogP contribution in [0.15, 0.2) is 35.1 Å². The van der Waals surface area contributed by atoms with Crippen LogP contribution in [0.1, 0.15) is 28.8 Å². The fourth-order valence-corrected chi connectivity index (χ4v) is 3.62. The maximum Gasteiger partial charge on any atom is 0.255 e. The number of rotatable bonds is 3. The summed E-state index contributed by atoms with van der Waals surface area (Å²) in [5, 5.41) is 7.85. The second-order valence-corrected chi connectivity index (χ2v) is 6.72. The van der Waals surface area contributed by atoms with E-state index in [0.29, 0.717) is 5.92 Å². The van der Waals surface area contributed by atoms with Crippen LogP contribution in [0, 0.1) is 12.8 Å². The van der Waals surface area contributed by atoms with Crippen molar-refractivity contribution in [1.82, 2.24) is 19.9 Å². The molecule has 1 atom stereocenters. The van der Waals surface area contributed by atoms with E-state index >= 15 is 0 Å². The molecule has 1 unspecified atom stereocenters. The molecule has 5 nitrogen and oxygen atoms in total. The Morgan fingerprint density at radius 3 is 3.05 bits per heavy atom. The lowest BCUT2D eigenvalue weighted by molar-refractivity contribution is 0.0658. The highest BCUT2D eigenvalue weighted by Gasteiger charge is 2.25. The zero-order valence-corrected chi connectivity index (χ0v) is 14.2. The van der Waals surface area contributed by atoms with Crippen LogP contribution in [0.2, 0.25) is 0 Å². The largest absolute Gasteiger partial charge is 0.338 e. The van der Waals surface area contributed by atoms with Crippen molar-refractivity contribution in [2.24, 2.45) is 5.92 Å². The zero-order chi connectivity index (χ0) is 15.5. The first-order chi connectivity index (χ1) is 10.6. The number of hydrogen-bond acceptors (Lipinski definition) is 3. The van der Waals surface area contributed by atoms with E-state index in [1.54, 1.807) is 6.20 Å². The van der Waals surface area contributed by atoms with Gasteiger partial charge in [0.1, 0.15) is 0 Å². The molecule has 1 amide bonds. The van der Waals surface area contributed by atoms with Gasteiger partial charge in [-0.05, 0) is 59.3 Å². The molecule has 2 heterocycles. The number of hydrogen-bond donors (Lipinski definition) is 0. The monoisotopic (exact) mass is 362 g/mol.